The Balaban J connectivity index is 1.76. The maximum atomic E-state index is 4.29. The summed E-state index contributed by atoms with van der Waals surface area (Å²) in [5, 5.41) is 14.3. The van der Waals surface area contributed by atoms with Gasteiger partial charge in [0.15, 0.2) is 5.82 Å². The number of hydrogen-bond donors (Lipinski definition) is 1. The molecule has 94 valence electrons. The lowest BCUT2D eigenvalue weighted by Crippen LogP contribution is -2.16. The molecule has 0 aliphatic heterocycles. The summed E-state index contributed by atoms with van der Waals surface area (Å²) in [5.74, 6) is 1.86. The van der Waals surface area contributed by atoms with E-state index >= 15 is 0 Å². The maximum absolute atomic E-state index is 4.29. The summed E-state index contributed by atoms with van der Waals surface area (Å²) >= 11 is 0. The first-order valence-corrected chi connectivity index (χ1v) is 6.80. The second-order valence-corrected chi connectivity index (χ2v) is 5.19. The Bertz CT molecular complexity index is 546. The van der Waals surface area contributed by atoms with Gasteiger partial charge in [-0.15, -0.1) is 5.10 Å². The van der Waals surface area contributed by atoms with Gasteiger partial charge in [0.1, 0.15) is 0 Å². The third-order valence-electron chi connectivity index (χ3n) is 3.94. The molecule has 18 heavy (non-hydrogen) atoms. The predicted octanol–water partition coefficient (Wildman–Crippen LogP) is 3.54. The van der Waals surface area contributed by atoms with Crippen LogP contribution in [0.15, 0.2) is 24.3 Å². The zero-order valence-corrected chi connectivity index (χ0v) is 10.8. The van der Waals surface area contributed by atoms with Gasteiger partial charge in [-0.3, -0.25) is 0 Å². The molecule has 1 aromatic heterocycles. The third-order valence-corrected chi connectivity index (χ3v) is 3.94. The average Bonchev–Trinajstić information content (AvgIpc) is 2.35. The number of hydrogen-bond acceptors (Lipinski definition) is 3. The molecule has 0 atom stereocenters. The van der Waals surface area contributed by atoms with E-state index in [4.69, 9.17) is 0 Å². The lowest BCUT2D eigenvalue weighted by Gasteiger charge is -2.25. The van der Waals surface area contributed by atoms with Crippen molar-refractivity contribution in [1.29, 1.82) is 0 Å². The predicted molar refractivity (Wildman–Crippen MR) is 74.7 cm³/mol. The number of nitrogens with zero attached hydrogens (tertiary/aromatic N) is 2. The highest BCUT2D eigenvalue weighted by molar-refractivity contribution is 5.92. The summed E-state index contributed by atoms with van der Waals surface area (Å²) in [6.45, 7) is 3.01. The third kappa shape index (κ3) is 2.17. The highest BCUT2D eigenvalue weighted by Crippen LogP contribution is 2.29. The number of benzene rings is 1. The van der Waals surface area contributed by atoms with Crippen molar-refractivity contribution in [2.45, 2.75) is 32.6 Å². The SMILES string of the molecule is Cc1nnc(NCCC2CCC2)c2ccccc12. The maximum Gasteiger partial charge on any atom is 0.156 e. The van der Waals surface area contributed by atoms with Crippen LogP contribution in [0, 0.1) is 12.8 Å². The Morgan fingerprint density at radius 3 is 2.67 bits per heavy atom. The van der Waals surface area contributed by atoms with Crippen LogP contribution in [-0.2, 0) is 0 Å². The molecule has 1 aliphatic rings. The average molecular weight is 241 g/mol. The van der Waals surface area contributed by atoms with Crippen molar-refractivity contribution in [3.63, 3.8) is 0 Å². The number of aromatic nitrogens is 2. The molecule has 3 heteroatoms. The van der Waals surface area contributed by atoms with Gasteiger partial charge in [0.2, 0.25) is 0 Å². The van der Waals surface area contributed by atoms with E-state index in [2.05, 4.69) is 39.8 Å². The molecule has 0 radical (unpaired) electrons. The molecule has 1 aromatic carbocycles. The van der Waals surface area contributed by atoms with Gasteiger partial charge in [-0.05, 0) is 19.3 Å². The Hall–Kier alpha value is -1.64. The molecule has 0 amide bonds. The molecule has 1 fully saturated rings. The quantitative estimate of drug-likeness (QED) is 0.889. The molecule has 0 spiro atoms. The second kappa shape index (κ2) is 4.92. The summed E-state index contributed by atoms with van der Waals surface area (Å²) < 4.78 is 0. The first kappa shape index (κ1) is 11.5. The molecule has 1 saturated carbocycles. The molecule has 3 rings (SSSR count). The van der Waals surface area contributed by atoms with Crippen LogP contribution in [-0.4, -0.2) is 16.7 Å². The van der Waals surface area contributed by atoms with Gasteiger partial charge >= 0.3 is 0 Å². The van der Waals surface area contributed by atoms with Gasteiger partial charge in [0.25, 0.3) is 0 Å². The minimum atomic E-state index is 0.926. The molecule has 1 N–H and O–H groups in total. The van der Waals surface area contributed by atoms with E-state index in [0.29, 0.717) is 0 Å². The van der Waals surface area contributed by atoms with E-state index in [9.17, 15) is 0 Å². The number of rotatable bonds is 4. The minimum absolute atomic E-state index is 0.926. The van der Waals surface area contributed by atoms with E-state index in [1.165, 1.54) is 36.5 Å². The van der Waals surface area contributed by atoms with Gasteiger partial charge in [0.05, 0.1) is 5.69 Å². The van der Waals surface area contributed by atoms with Crippen LogP contribution in [0.4, 0.5) is 5.82 Å². The van der Waals surface area contributed by atoms with Crippen LogP contribution in [0.1, 0.15) is 31.4 Å². The summed E-state index contributed by atoms with van der Waals surface area (Å²) in [7, 11) is 0. The fraction of sp³-hybridized carbons (Fsp3) is 0.467. The van der Waals surface area contributed by atoms with Crippen molar-refractivity contribution < 1.29 is 0 Å². The van der Waals surface area contributed by atoms with Crippen molar-refractivity contribution in [2.24, 2.45) is 5.92 Å². The van der Waals surface area contributed by atoms with Crippen molar-refractivity contribution in [3.8, 4) is 0 Å². The zero-order chi connectivity index (χ0) is 12.4. The number of aryl methyl sites for hydroxylation is 1. The first-order valence-electron chi connectivity index (χ1n) is 6.80. The van der Waals surface area contributed by atoms with Crippen molar-refractivity contribution >= 4 is 16.6 Å². The Kier molecular flexibility index (Phi) is 3.13. The van der Waals surface area contributed by atoms with E-state index in [1.807, 2.05) is 6.92 Å². The highest BCUT2D eigenvalue weighted by Gasteiger charge is 2.16. The van der Waals surface area contributed by atoms with Crippen LogP contribution < -0.4 is 5.32 Å². The summed E-state index contributed by atoms with van der Waals surface area (Å²) in [5.41, 5.74) is 0.996. The topological polar surface area (TPSA) is 37.8 Å². The summed E-state index contributed by atoms with van der Waals surface area (Å²) in [4.78, 5) is 0. The number of anilines is 1. The smallest absolute Gasteiger partial charge is 0.156 e. The lowest BCUT2D eigenvalue weighted by atomic mass is 9.83. The Labute approximate surface area is 108 Å². The zero-order valence-electron chi connectivity index (χ0n) is 10.8. The molecular weight excluding hydrogens is 222 g/mol. The van der Waals surface area contributed by atoms with E-state index < -0.39 is 0 Å². The number of fused-ring (bicyclic) bond motifs is 1. The standard InChI is InChI=1S/C15H19N3/c1-11-13-7-2-3-8-14(13)15(18-17-11)16-10-9-12-5-4-6-12/h2-3,7-8,12H,4-6,9-10H2,1H3,(H,16,18). The van der Waals surface area contributed by atoms with Gasteiger partial charge in [-0.1, -0.05) is 43.5 Å². The van der Waals surface area contributed by atoms with Crippen molar-refractivity contribution in [3.05, 3.63) is 30.0 Å². The first-order chi connectivity index (χ1) is 8.84. The molecule has 3 nitrogen and oxygen atoms in total. The Morgan fingerprint density at radius 2 is 1.94 bits per heavy atom. The largest absolute Gasteiger partial charge is 0.368 e. The fourth-order valence-corrected chi connectivity index (χ4v) is 2.54. The normalized spacial score (nSPS) is 15.6. The number of nitrogens with one attached hydrogen (secondary N) is 1. The molecule has 0 bridgehead atoms. The van der Waals surface area contributed by atoms with Crippen molar-refractivity contribution in [2.75, 3.05) is 11.9 Å². The van der Waals surface area contributed by atoms with Crippen LogP contribution in [0.3, 0.4) is 0 Å². The van der Waals surface area contributed by atoms with Gasteiger partial charge in [0, 0.05) is 17.3 Å². The van der Waals surface area contributed by atoms with E-state index in [1.54, 1.807) is 0 Å². The molecule has 1 heterocycles. The van der Waals surface area contributed by atoms with Crippen LogP contribution in [0.5, 0.6) is 0 Å². The summed E-state index contributed by atoms with van der Waals surface area (Å²) in [6, 6.07) is 8.33. The summed E-state index contributed by atoms with van der Waals surface area (Å²) in [6.07, 6.45) is 5.48. The van der Waals surface area contributed by atoms with Crippen LogP contribution in [0.25, 0.3) is 10.8 Å². The van der Waals surface area contributed by atoms with Gasteiger partial charge < -0.3 is 5.32 Å². The van der Waals surface area contributed by atoms with Crippen molar-refractivity contribution in [1.82, 2.24) is 10.2 Å². The molecule has 2 aromatic rings. The fourth-order valence-electron chi connectivity index (χ4n) is 2.54. The lowest BCUT2D eigenvalue weighted by molar-refractivity contribution is 0.303. The van der Waals surface area contributed by atoms with Gasteiger partial charge in [-0.25, -0.2) is 0 Å². The highest BCUT2D eigenvalue weighted by atomic mass is 15.2. The Morgan fingerprint density at radius 1 is 1.17 bits per heavy atom. The van der Waals surface area contributed by atoms with E-state index in [-0.39, 0.29) is 0 Å². The van der Waals surface area contributed by atoms with Gasteiger partial charge in [-0.2, -0.15) is 5.10 Å². The molecule has 0 unspecified atom stereocenters. The second-order valence-electron chi connectivity index (χ2n) is 5.19. The van der Waals surface area contributed by atoms with E-state index in [0.717, 1.165) is 24.0 Å². The van der Waals surface area contributed by atoms with Crippen LogP contribution in [0.2, 0.25) is 0 Å². The minimum Gasteiger partial charge on any atom is -0.368 e. The molecule has 1 aliphatic carbocycles. The monoisotopic (exact) mass is 241 g/mol. The molecular formula is C15H19N3. The molecule has 0 saturated heterocycles. The van der Waals surface area contributed by atoms with Crippen LogP contribution >= 0.6 is 0 Å².